The van der Waals surface area contributed by atoms with Crippen LogP contribution in [-0.2, 0) is 9.47 Å². The molecular formula is C17H23N3O3. The average molecular weight is 317 g/mol. The minimum absolute atomic E-state index is 0.0411. The minimum atomic E-state index is -0.0411. The van der Waals surface area contributed by atoms with Crippen molar-refractivity contribution in [1.29, 1.82) is 0 Å². The van der Waals surface area contributed by atoms with Crippen molar-refractivity contribution >= 4 is 0 Å². The van der Waals surface area contributed by atoms with E-state index in [-0.39, 0.29) is 18.2 Å². The van der Waals surface area contributed by atoms with E-state index in [2.05, 4.69) is 15.5 Å². The third-order valence-corrected chi connectivity index (χ3v) is 4.07. The van der Waals surface area contributed by atoms with Crippen LogP contribution in [0.1, 0.15) is 31.6 Å². The molecule has 0 unspecified atom stereocenters. The van der Waals surface area contributed by atoms with Gasteiger partial charge >= 0.3 is 0 Å². The summed E-state index contributed by atoms with van der Waals surface area (Å²) in [7, 11) is 1.70. The largest absolute Gasteiger partial charge is 0.383 e. The second-order valence-corrected chi connectivity index (χ2v) is 5.83. The van der Waals surface area contributed by atoms with Gasteiger partial charge in [-0.1, -0.05) is 23.4 Å². The summed E-state index contributed by atoms with van der Waals surface area (Å²) in [5.74, 6) is 1.18. The maximum Gasteiger partial charge on any atom is 0.257 e. The first-order chi connectivity index (χ1) is 11.3. The highest BCUT2D eigenvalue weighted by molar-refractivity contribution is 5.52. The van der Waals surface area contributed by atoms with Crippen molar-refractivity contribution in [3.05, 3.63) is 36.2 Å². The van der Waals surface area contributed by atoms with Crippen LogP contribution in [0.3, 0.4) is 0 Å². The maximum absolute atomic E-state index is 5.77. The Bertz CT molecular complexity index is 596. The van der Waals surface area contributed by atoms with Crippen molar-refractivity contribution in [2.24, 2.45) is 0 Å². The summed E-state index contributed by atoms with van der Waals surface area (Å²) >= 11 is 0. The SMILES string of the molecule is COC[C@H](N[C@H](C)c1noc(-c2ccccc2)n1)[C@H]1CCCO1. The fraction of sp³-hybridized carbons (Fsp3) is 0.529. The van der Waals surface area contributed by atoms with Crippen molar-refractivity contribution in [3.8, 4) is 11.5 Å². The number of rotatable bonds is 7. The fourth-order valence-corrected chi connectivity index (χ4v) is 2.87. The Balaban J connectivity index is 1.67. The standard InChI is InChI=1S/C17H23N3O3/c1-12(18-14(11-21-2)15-9-6-10-22-15)16-19-17(23-20-16)13-7-4-3-5-8-13/h3-5,7-8,12,14-15,18H,6,9-11H2,1-2H3/t12-,14+,15-/m1/s1. The Morgan fingerprint density at radius 3 is 2.87 bits per heavy atom. The van der Waals surface area contributed by atoms with Gasteiger partial charge in [0.1, 0.15) is 0 Å². The van der Waals surface area contributed by atoms with E-state index in [4.69, 9.17) is 14.0 Å². The molecular weight excluding hydrogens is 294 g/mol. The van der Waals surface area contributed by atoms with Gasteiger partial charge in [-0.3, -0.25) is 5.32 Å². The van der Waals surface area contributed by atoms with Gasteiger partial charge in [0.2, 0.25) is 0 Å². The molecule has 1 aromatic heterocycles. The normalized spacial score (nSPS) is 20.5. The van der Waals surface area contributed by atoms with Crippen LogP contribution >= 0.6 is 0 Å². The van der Waals surface area contributed by atoms with Crippen molar-refractivity contribution in [2.75, 3.05) is 20.3 Å². The lowest BCUT2D eigenvalue weighted by Gasteiger charge is -2.25. The molecule has 1 fully saturated rings. The van der Waals surface area contributed by atoms with E-state index in [9.17, 15) is 0 Å². The van der Waals surface area contributed by atoms with Gasteiger partial charge in [-0.2, -0.15) is 4.98 Å². The third kappa shape index (κ3) is 3.96. The molecule has 1 aliphatic heterocycles. The summed E-state index contributed by atoms with van der Waals surface area (Å²) < 4.78 is 16.5. The zero-order valence-electron chi connectivity index (χ0n) is 13.6. The molecule has 1 saturated heterocycles. The zero-order chi connectivity index (χ0) is 16.1. The van der Waals surface area contributed by atoms with Gasteiger partial charge in [-0.05, 0) is 31.9 Å². The van der Waals surface area contributed by atoms with Crippen molar-refractivity contribution in [2.45, 2.75) is 38.0 Å². The van der Waals surface area contributed by atoms with Crippen molar-refractivity contribution in [3.63, 3.8) is 0 Å². The number of nitrogens with zero attached hydrogens (tertiary/aromatic N) is 2. The number of benzene rings is 1. The van der Waals surface area contributed by atoms with E-state index < -0.39 is 0 Å². The quantitative estimate of drug-likeness (QED) is 0.846. The smallest absolute Gasteiger partial charge is 0.257 e. The lowest BCUT2D eigenvalue weighted by Crippen LogP contribution is -2.44. The van der Waals surface area contributed by atoms with E-state index >= 15 is 0 Å². The highest BCUT2D eigenvalue weighted by Crippen LogP contribution is 2.21. The fourth-order valence-electron chi connectivity index (χ4n) is 2.87. The van der Waals surface area contributed by atoms with Crippen molar-refractivity contribution in [1.82, 2.24) is 15.5 Å². The highest BCUT2D eigenvalue weighted by Gasteiger charge is 2.28. The third-order valence-electron chi connectivity index (χ3n) is 4.07. The van der Waals surface area contributed by atoms with Gasteiger partial charge in [0.25, 0.3) is 5.89 Å². The minimum Gasteiger partial charge on any atom is -0.383 e. The van der Waals surface area contributed by atoms with Crippen LogP contribution in [0.4, 0.5) is 0 Å². The van der Waals surface area contributed by atoms with Gasteiger partial charge in [0, 0.05) is 19.3 Å². The van der Waals surface area contributed by atoms with E-state index in [1.54, 1.807) is 7.11 Å². The van der Waals surface area contributed by atoms with Crippen LogP contribution in [0.25, 0.3) is 11.5 Å². The average Bonchev–Trinajstić information content (AvgIpc) is 3.27. The maximum atomic E-state index is 5.77. The first-order valence-corrected chi connectivity index (χ1v) is 8.03. The van der Waals surface area contributed by atoms with Gasteiger partial charge < -0.3 is 14.0 Å². The van der Waals surface area contributed by atoms with E-state index in [0.717, 1.165) is 25.0 Å². The molecule has 2 heterocycles. The molecule has 0 bridgehead atoms. The second-order valence-electron chi connectivity index (χ2n) is 5.83. The lowest BCUT2D eigenvalue weighted by atomic mass is 10.1. The van der Waals surface area contributed by atoms with Crippen LogP contribution < -0.4 is 5.32 Å². The molecule has 6 heteroatoms. The lowest BCUT2D eigenvalue weighted by molar-refractivity contribution is 0.0392. The number of aromatic nitrogens is 2. The molecule has 124 valence electrons. The summed E-state index contributed by atoms with van der Waals surface area (Å²) in [6.45, 7) is 3.44. The highest BCUT2D eigenvalue weighted by atomic mass is 16.5. The summed E-state index contributed by atoms with van der Waals surface area (Å²) in [5, 5.41) is 7.61. The molecule has 0 radical (unpaired) electrons. The van der Waals surface area contributed by atoms with Crippen LogP contribution in [0.2, 0.25) is 0 Å². The number of hydrogen-bond acceptors (Lipinski definition) is 6. The van der Waals surface area contributed by atoms with Crippen LogP contribution in [0, 0.1) is 0 Å². The van der Waals surface area contributed by atoms with E-state index in [1.807, 2.05) is 37.3 Å². The molecule has 0 spiro atoms. The number of hydrogen-bond donors (Lipinski definition) is 1. The summed E-state index contributed by atoms with van der Waals surface area (Å²) in [6.07, 6.45) is 2.33. The van der Waals surface area contributed by atoms with Crippen LogP contribution in [0.5, 0.6) is 0 Å². The predicted molar refractivity (Wildman–Crippen MR) is 85.9 cm³/mol. The Morgan fingerprint density at radius 2 is 2.17 bits per heavy atom. The molecule has 3 atom stereocenters. The molecule has 23 heavy (non-hydrogen) atoms. The van der Waals surface area contributed by atoms with Gasteiger partial charge in [-0.15, -0.1) is 0 Å². The topological polar surface area (TPSA) is 69.4 Å². The molecule has 0 amide bonds. The second kappa shape index (κ2) is 7.68. The molecule has 3 rings (SSSR count). The molecule has 2 aromatic rings. The Morgan fingerprint density at radius 1 is 1.35 bits per heavy atom. The van der Waals surface area contributed by atoms with E-state index in [1.165, 1.54) is 0 Å². The number of nitrogens with one attached hydrogen (secondary N) is 1. The molecule has 6 nitrogen and oxygen atoms in total. The first-order valence-electron chi connectivity index (χ1n) is 8.03. The van der Waals surface area contributed by atoms with Gasteiger partial charge in [-0.25, -0.2) is 0 Å². The molecule has 0 aliphatic carbocycles. The monoisotopic (exact) mass is 317 g/mol. The van der Waals surface area contributed by atoms with Crippen molar-refractivity contribution < 1.29 is 14.0 Å². The molecule has 0 saturated carbocycles. The number of ether oxygens (including phenoxy) is 2. The van der Waals surface area contributed by atoms with E-state index in [0.29, 0.717) is 18.3 Å². The summed E-state index contributed by atoms with van der Waals surface area (Å²) in [5.41, 5.74) is 0.922. The van der Waals surface area contributed by atoms with Gasteiger partial charge in [0.05, 0.1) is 24.8 Å². The number of methoxy groups -OCH3 is 1. The Hall–Kier alpha value is -1.76. The first kappa shape index (κ1) is 16.1. The molecule has 1 aromatic carbocycles. The summed E-state index contributed by atoms with van der Waals surface area (Å²) in [4.78, 5) is 4.50. The van der Waals surface area contributed by atoms with Crippen LogP contribution in [-0.4, -0.2) is 42.6 Å². The Labute approximate surface area is 136 Å². The Kier molecular flexibility index (Phi) is 5.38. The van der Waals surface area contributed by atoms with Crippen LogP contribution in [0.15, 0.2) is 34.9 Å². The molecule has 1 N–H and O–H groups in total. The molecule has 1 aliphatic rings. The van der Waals surface area contributed by atoms with Gasteiger partial charge in [0.15, 0.2) is 5.82 Å². The zero-order valence-corrected chi connectivity index (χ0v) is 13.6. The predicted octanol–water partition coefficient (Wildman–Crippen LogP) is 2.58. The summed E-state index contributed by atoms with van der Waals surface area (Å²) in [6, 6.07) is 9.85.